The van der Waals surface area contributed by atoms with E-state index in [0.29, 0.717) is 12.4 Å². The van der Waals surface area contributed by atoms with Crippen LogP contribution in [0, 0.1) is 0 Å². The fourth-order valence-electron chi connectivity index (χ4n) is 2.87. The highest BCUT2D eigenvalue weighted by Gasteiger charge is 2.10. The molecule has 1 heterocycles. The Kier molecular flexibility index (Phi) is 5.77. The number of allylic oxidation sites excluding steroid dienone is 1. The number of aromatic nitrogens is 4. The van der Waals surface area contributed by atoms with Crippen LogP contribution < -0.4 is 10.1 Å². The predicted molar refractivity (Wildman–Crippen MR) is 94.0 cm³/mol. The van der Waals surface area contributed by atoms with E-state index in [4.69, 9.17) is 4.74 Å². The van der Waals surface area contributed by atoms with Crippen LogP contribution in [0.3, 0.4) is 0 Å². The van der Waals surface area contributed by atoms with E-state index in [1.807, 2.05) is 24.3 Å². The second kappa shape index (κ2) is 8.41. The number of carbonyl (C=O) groups excluding carboxylic acids is 1. The van der Waals surface area contributed by atoms with Crippen LogP contribution in [0.25, 0.3) is 11.4 Å². The van der Waals surface area contributed by atoms with Crippen molar-refractivity contribution in [1.29, 1.82) is 0 Å². The lowest BCUT2D eigenvalue weighted by Gasteiger charge is -2.12. The summed E-state index contributed by atoms with van der Waals surface area (Å²) < 4.78 is 5.19. The van der Waals surface area contributed by atoms with Gasteiger partial charge in [0.25, 0.3) is 0 Å². The standard InChI is InChI=1S/C18H23N5O2/c1-25-16-9-5-8-15(12-16)18-20-22-23(21-18)13-17(24)19-11-10-14-6-3-2-4-7-14/h5-6,8-9,12H,2-4,7,10-11,13H2,1H3,(H,19,24). The number of tetrazole rings is 1. The molecular formula is C18H23N5O2. The third-order valence-electron chi connectivity index (χ3n) is 4.22. The summed E-state index contributed by atoms with van der Waals surface area (Å²) in [6, 6.07) is 7.42. The smallest absolute Gasteiger partial charge is 0.243 e. The first-order valence-electron chi connectivity index (χ1n) is 8.61. The first kappa shape index (κ1) is 17.1. The van der Waals surface area contributed by atoms with Crippen molar-refractivity contribution >= 4 is 5.91 Å². The quantitative estimate of drug-likeness (QED) is 0.782. The number of methoxy groups -OCH3 is 1. The number of nitrogens with one attached hydrogen (secondary N) is 1. The Morgan fingerprint density at radius 1 is 1.36 bits per heavy atom. The molecule has 132 valence electrons. The third kappa shape index (κ3) is 4.89. The van der Waals surface area contributed by atoms with Gasteiger partial charge < -0.3 is 10.1 Å². The molecule has 0 saturated carbocycles. The lowest BCUT2D eigenvalue weighted by Crippen LogP contribution is -2.29. The first-order chi connectivity index (χ1) is 12.2. The largest absolute Gasteiger partial charge is 0.497 e. The number of carbonyl (C=O) groups is 1. The molecule has 7 nitrogen and oxygen atoms in total. The molecule has 0 saturated heterocycles. The van der Waals surface area contributed by atoms with Gasteiger partial charge in [-0.05, 0) is 49.5 Å². The second-order valence-corrected chi connectivity index (χ2v) is 6.08. The van der Waals surface area contributed by atoms with Gasteiger partial charge in [-0.15, -0.1) is 10.2 Å². The van der Waals surface area contributed by atoms with E-state index >= 15 is 0 Å². The zero-order chi connectivity index (χ0) is 17.5. The van der Waals surface area contributed by atoms with Crippen molar-refractivity contribution in [1.82, 2.24) is 25.5 Å². The van der Waals surface area contributed by atoms with Gasteiger partial charge in [0, 0.05) is 12.1 Å². The number of ether oxygens (including phenoxy) is 1. The van der Waals surface area contributed by atoms with Crippen molar-refractivity contribution in [2.45, 2.75) is 38.6 Å². The van der Waals surface area contributed by atoms with Crippen molar-refractivity contribution in [3.8, 4) is 17.1 Å². The summed E-state index contributed by atoms with van der Waals surface area (Å²) in [5, 5.41) is 15.1. The summed E-state index contributed by atoms with van der Waals surface area (Å²) in [6.07, 6.45) is 8.09. The van der Waals surface area contributed by atoms with Gasteiger partial charge in [0.1, 0.15) is 12.3 Å². The van der Waals surface area contributed by atoms with E-state index in [1.54, 1.807) is 7.11 Å². The summed E-state index contributed by atoms with van der Waals surface area (Å²) in [7, 11) is 1.61. The molecule has 1 aliphatic rings. The molecule has 0 fully saturated rings. The molecule has 0 atom stereocenters. The summed E-state index contributed by atoms with van der Waals surface area (Å²) in [5.74, 6) is 1.09. The minimum atomic E-state index is -0.106. The molecule has 0 radical (unpaired) electrons. The van der Waals surface area contributed by atoms with Gasteiger partial charge in [-0.3, -0.25) is 4.79 Å². The normalized spacial score (nSPS) is 14.0. The molecule has 7 heteroatoms. The topological polar surface area (TPSA) is 81.9 Å². The van der Waals surface area contributed by atoms with Crippen LogP contribution in [0.5, 0.6) is 5.75 Å². The minimum Gasteiger partial charge on any atom is -0.497 e. The Balaban J connectivity index is 1.50. The predicted octanol–water partition coefficient (Wildman–Crippen LogP) is 2.36. The van der Waals surface area contributed by atoms with Crippen LogP contribution in [0.2, 0.25) is 0 Å². The van der Waals surface area contributed by atoms with E-state index in [9.17, 15) is 4.79 Å². The summed E-state index contributed by atoms with van der Waals surface area (Å²) in [6.45, 7) is 0.720. The number of hydrogen-bond donors (Lipinski definition) is 1. The fraction of sp³-hybridized carbons (Fsp3) is 0.444. The maximum Gasteiger partial charge on any atom is 0.243 e. The molecule has 1 aromatic heterocycles. The molecule has 0 bridgehead atoms. The molecule has 25 heavy (non-hydrogen) atoms. The van der Waals surface area contributed by atoms with E-state index in [-0.39, 0.29) is 12.5 Å². The van der Waals surface area contributed by atoms with E-state index < -0.39 is 0 Å². The van der Waals surface area contributed by atoms with E-state index in [2.05, 4.69) is 26.8 Å². The van der Waals surface area contributed by atoms with Crippen molar-refractivity contribution in [3.63, 3.8) is 0 Å². The van der Waals surface area contributed by atoms with Crippen LogP contribution >= 0.6 is 0 Å². The van der Waals surface area contributed by atoms with E-state index in [1.165, 1.54) is 29.6 Å². The summed E-state index contributed by atoms with van der Waals surface area (Å²) in [5.41, 5.74) is 2.25. The van der Waals surface area contributed by atoms with Gasteiger partial charge in [-0.25, -0.2) is 0 Å². The zero-order valence-electron chi connectivity index (χ0n) is 14.4. The van der Waals surface area contributed by atoms with Gasteiger partial charge in [-0.1, -0.05) is 23.8 Å². The second-order valence-electron chi connectivity index (χ2n) is 6.08. The van der Waals surface area contributed by atoms with Crippen molar-refractivity contribution < 1.29 is 9.53 Å². The van der Waals surface area contributed by atoms with Crippen LogP contribution in [-0.4, -0.2) is 39.8 Å². The molecule has 0 spiro atoms. The van der Waals surface area contributed by atoms with Gasteiger partial charge in [-0.2, -0.15) is 4.80 Å². The Morgan fingerprint density at radius 2 is 2.28 bits per heavy atom. The molecule has 1 aromatic carbocycles. The maximum atomic E-state index is 12.0. The van der Waals surface area contributed by atoms with Gasteiger partial charge in [0.2, 0.25) is 11.7 Å². The maximum absolute atomic E-state index is 12.0. The molecular weight excluding hydrogens is 318 g/mol. The lowest BCUT2D eigenvalue weighted by atomic mass is 9.97. The van der Waals surface area contributed by atoms with Crippen molar-refractivity contribution in [2.75, 3.05) is 13.7 Å². The van der Waals surface area contributed by atoms with Gasteiger partial charge in [0.05, 0.1) is 7.11 Å². The van der Waals surface area contributed by atoms with Crippen LogP contribution in [-0.2, 0) is 11.3 Å². The number of hydrogen-bond acceptors (Lipinski definition) is 5. The molecule has 0 unspecified atom stereocenters. The Morgan fingerprint density at radius 3 is 3.08 bits per heavy atom. The highest BCUT2D eigenvalue weighted by atomic mass is 16.5. The minimum absolute atomic E-state index is 0.0655. The number of amides is 1. The highest BCUT2D eigenvalue weighted by molar-refractivity contribution is 5.75. The summed E-state index contributed by atoms with van der Waals surface area (Å²) >= 11 is 0. The Hall–Kier alpha value is -2.70. The number of benzene rings is 1. The highest BCUT2D eigenvalue weighted by Crippen LogP contribution is 2.20. The zero-order valence-corrected chi connectivity index (χ0v) is 14.4. The molecule has 1 aliphatic carbocycles. The van der Waals surface area contributed by atoms with Crippen LogP contribution in [0.1, 0.15) is 32.1 Å². The number of rotatable bonds is 7. The third-order valence-corrected chi connectivity index (χ3v) is 4.22. The van der Waals surface area contributed by atoms with Crippen LogP contribution in [0.4, 0.5) is 0 Å². The SMILES string of the molecule is COc1cccc(-c2nnn(CC(=O)NCCC3=CCCCC3)n2)c1. The van der Waals surface area contributed by atoms with Crippen molar-refractivity contribution in [2.24, 2.45) is 0 Å². The summed E-state index contributed by atoms with van der Waals surface area (Å²) in [4.78, 5) is 13.3. The van der Waals surface area contributed by atoms with Crippen molar-refractivity contribution in [3.05, 3.63) is 35.9 Å². The first-order valence-corrected chi connectivity index (χ1v) is 8.61. The molecule has 3 rings (SSSR count). The molecule has 0 aliphatic heterocycles. The van der Waals surface area contributed by atoms with E-state index in [0.717, 1.165) is 24.2 Å². The average Bonchev–Trinajstić information content (AvgIpc) is 3.11. The molecule has 1 N–H and O–H groups in total. The Bertz CT molecular complexity index is 753. The van der Waals surface area contributed by atoms with Gasteiger partial charge >= 0.3 is 0 Å². The monoisotopic (exact) mass is 341 g/mol. The Labute approximate surface area is 147 Å². The average molecular weight is 341 g/mol. The van der Waals surface area contributed by atoms with Crippen LogP contribution in [0.15, 0.2) is 35.9 Å². The molecule has 1 amide bonds. The van der Waals surface area contributed by atoms with Gasteiger partial charge in [0.15, 0.2) is 0 Å². The molecule has 2 aromatic rings. The fourth-order valence-corrected chi connectivity index (χ4v) is 2.87. The number of nitrogens with zero attached hydrogens (tertiary/aromatic N) is 4. The lowest BCUT2D eigenvalue weighted by molar-refractivity contribution is -0.122.